The maximum Gasteiger partial charge on any atom is 0.243 e. The van der Waals surface area contributed by atoms with Gasteiger partial charge in [0.25, 0.3) is 0 Å². The van der Waals surface area contributed by atoms with Gasteiger partial charge in [0.1, 0.15) is 0 Å². The molecule has 0 aliphatic heterocycles. The van der Waals surface area contributed by atoms with E-state index in [1.165, 1.54) is 11.8 Å². The zero-order chi connectivity index (χ0) is 22.4. The molecule has 1 heterocycles. The summed E-state index contributed by atoms with van der Waals surface area (Å²) in [6.07, 6.45) is 0. The smallest absolute Gasteiger partial charge is 0.243 e. The lowest BCUT2D eigenvalue weighted by Crippen LogP contribution is -2.34. The Balaban J connectivity index is 1.55. The Hall–Kier alpha value is -3.13. The third kappa shape index (κ3) is 5.52. The number of rotatable bonds is 8. The van der Waals surface area contributed by atoms with Crippen molar-refractivity contribution in [2.75, 3.05) is 17.6 Å². The summed E-state index contributed by atoms with van der Waals surface area (Å²) in [5, 5.41) is 14.8. The highest BCUT2D eigenvalue weighted by molar-refractivity contribution is 7.99. The van der Waals surface area contributed by atoms with E-state index in [4.69, 9.17) is 0 Å². The number of carbonyl (C=O) groups is 2. The first-order valence-electron chi connectivity index (χ1n) is 10.2. The van der Waals surface area contributed by atoms with E-state index in [2.05, 4.69) is 20.8 Å². The van der Waals surface area contributed by atoms with Crippen molar-refractivity contribution in [1.29, 1.82) is 0 Å². The molecule has 0 unspecified atom stereocenters. The van der Waals surface area contributed by atoms with E-state index in [0.29, 0.717) is 11.7 Å². The van der Waals surface area contributed by atoms with E-state index in [1.807, 2.05) is 74.7 Å². The first-order chi connectivity index (χ1) is 14.9. The topological polar surface area (TPSA) is 88.9 Å². The van der Waals surface area contributed by atoms with Crippen molar-refractivity contribution in [3.8, 4) is 11.4 Å². The van der Waals surface area contributed by atoms with Crippen LogP contribution in [0.1, 0.15) is 23.6 Å². The molecule has 0 aliphatic carbocycles. The average Bonchev–Trinajstić information content (AvgIpc) is 3.16. The predicted molar refractivity (Wildman–Crippen MR) is 124 cm³/mol. The monoisotopic (exact) mass is 437 g/mol. The molecule has 8 heteroatoms. The number of nitrogens with zero attached hydrogens (tertiary/aromatic N) is 3. The Morgan fingerprint density at radius 3 is 2.29 bits per heavy atom. The van der Waals surface area contributed by atoms with Crippen molar-refractivity contribution >= 4 is 29.3 Å². The largest absolute Gasteiger partial charge is 0.346 e. The third-order valence-corrected chi connectivity index (χ3v) is 5.91. The van der Waals surface area contributed by atoms with Crippen LogP contribution in [0.25, 0.3) is 11.4 Å². The second-order valence-electron chi connectivity index (χ2n) is 7.25. The molecule has 0 radical (unpaired) electrons. The molecule has 3 aromatic rings. The van der Waals surface area contributed by atoms with Crippen LogP contribution in [0.2, 0.25) is 0 Å². The van der Waals surface area contributed by atoms with Gasteiger partial charge in [-0.15, -0.1) is 10.2 Å². The summed E-state index contributed by atoms with van der Waals surface area (Å²) in [7, 11) is 0. The molecule has 2 N–H and O–H groups in total. The minimum absolute atomic E-state index is 0.0813. The second-order valence-corrected chi connectivity index (χ2v) is 8.19. The van der Waals surface area contributed by atoms with Gasteiger partial charge in [0.15, 0.2) is 11.0 Å². The van der Waals surface area contributed by atoms with Crippen LogP contribution in [-0.4, -0.2) is 38.9 Å². The first-order valence-corrected chi connectivity index (χ1v) is 11.1. The Bertz CT molecular complexity index is 1070. The molecular weight excluding hydrogens is 410 g/mol. The fourth-order valence-electron chi connectivity index (χ4n) is 3.26. The van der Waals surface area contributed by atoms with Gasteiger partial charge in [-0.3, -0.25) is 9.59 Å². The molecule has 0 atom stereocenters. The van der Waals surface area contributed by atoms with Crippen molar-refractivity contribution in [1.82, 2.24) is 20.1 Å². The van der Waals surface area contributed by atoms with E-state index in [9.17, 15) is 9.59 Å². The number of nitrogens with one attached hydrogen (secondary N) is 2. The predicted octanol–water partition coefficient (Wildman–Crippen LogP) is 3.74. The quantitative estimate of drug-likeness (QED) is 0.524. The van der Waals surface area contributed by atoms with Gasteiger partial charge >= 0.3 is 0 Å². The van der Waals surface area contributed by atoms with Gasteiger partial charge in [0, 0.05) is 17.8 Å². The van der Waals surface area contributed by atoms with Gasteiger partial charge in [0.2, 0.25) is 11.8 Å². The molecule has 0 aliphatic rings. The number of benzene rings is 2. The standard InChI is InChI=1S/C23H27N5O2S/c1-5-28-22(18-12-7-6-9-15(18)2)26-27-23(28)31-14-20(30)24-13-19(29)25-21-16(3)10-8-11-17(21)4/h6-12H,5,13-14H2,1-4H3,(H,24,30)(H,25,29). The molecule has 31 heavy (non-hydrogen) atoms. The highest BCUT2D eigenvalue weighted by atomic mass is 32.2. The summed E-state index contributed by atoms with van der Waals surface area (Å²) in [6.45, 7) is 8.54. The number of amides is 2. The van der Waals surface area contributed by atoms with Crippen LogP contribution < -0.4 is 10.6 Å². The van der Waals surface area contributed by atoms with Crippen LogP contribution in [0, 0.1) is 20.8 Å². The Morgan fingerprint density at radius 2 is 1.61 bits per heavy atom. The van der Waals surface area contributed by atoms with E-state index in [1.54, 1.807) is 0 Å². The van der Waals surface area contributed by atoms with Crippen LogP contribution in [-0.2, 0) is 16.1 Å². The molecule has 0 saturated heterocycles. The van der Waals surface area contributed by atoms with E-state index in [-0.39, 0.29) is 24.1 Å². The van der Waals surface area contributed by atoms with Gasteiger partial charge in [-0.05, 0) is 44.4 Å². The summed E-state index contributed by atoms with van der Waals surface area (Å²) in [6, 6.07) is 13.8. The zero-order valence-electron chi connectivity index (χ0n) is 18.2. The number of anilines is 1. The normalized spacial score (nSPS) is 10.7. The minimum atomic E-state index is -0.255. The zero-order valence-corrected chi connectivity index (χ0v) is 19.0. The van der Waals surface area contributed by atoms with Gasteiger partial charge < -0.3 is 15.2 Å². The molecule has 3 rings (SSSR count). The minimum Gasteiger partial charge on any atom is -0.346 e. The number of aromatic nitrogens is 3. The van der Waals surface area contributed by atoms with Crippen molar-refractivity contribution in [3.05, 3.63) is 59.2 Å². The number of thioether (sulfide) groups is 1. The van der Waals surface area contributed by atoms with Crippen LogP contribution in [0.5, 0.6) is 0 Å². The van der Waals surface area contributed by atoms with Crippen molar-refractivity contribution in [2.45, 2.75) is 39.4 Å². The molecule has 162 valence electrons. The average molecular weight is 438 g/mol. The number of para-hydroxylation sites is 1. The van der Waals surface area contributed by atoms with E-state index in [0.717, 1.165) is 33.8 Å². The Morgan fingerprint density at radius 1 is 0.935 bits per heavy atom. The lowest BCUT2D eigenvalue weighted by molar-refractivity contribution is -0.122. The maximum atomic E-state index is 12.3. The number of hydrogen-bond donors (Lipinski definition) is 2. The lowest BCUT2D eigenvalue weighted by Gasteiger charge is -2.12. The summed E-state index contributed by atoms with van der Waals surface area (Å²) in [4.78, 5) is 24.5. The summed E-state index contributed by atoms with van der Waals surface area (Å²) in [5.74, 6) is 0.457. The molecule has 0 saturated carbocycles. The number of hydrogen-bond acceptors (Lipinski definition) is 5. The number of carbonyl (C=O) groups excluding carboxylic acids is 2. The molecular formula is C23H27N5O2S. The highest BCUT2D eigenvalue weighted by Gasteiger charge is 2.16. The molecule has 2 aromatic carbocycles. The third-order valence-electron chi connectivity index (χ3n) is 4.94. The fourth-order valence-corrected chi connectivity index (χ4v) is 4.09. The molecule has 0 fully saturated rings. The second kappa shape index (κ2) is 10.3. The van der Waals surface area contributed by atoms with E-state index < -0.39 is 0 Å². The summed E-state index contributed by atoms with van der Waals surface area (Å²) >= 11 is 1.31. The van der Waals surface area contributed by atoms with Crippen LogP contribution >= 0.6 is 11.8 Å². The van der Waals surface area contributed by atoms with Gasteiger partial charge in [-0.25, -0.2) is 0 Å². The number of aryl methyl sites for hydroxylation is 3. The van der Waals surface area contributed by atoms with Gasteiger partial charge in [0.05, 0.1) is 12.3 Å². The fraction of sp³-hybridized carbons (Fsp3) is 0.304. The van der Waals surface area contributed by atoms with E-state index >= 15 is 0 Å². The Kier molecular flexibility index (Phi) is 7.46. The van der Waals surface area contributed by atoms with Gasteiger partial charge in [-0.1, -0.05) is 54.2 Å². The van der Waals surface area contributed by atoms with Gasteiger partial charge in [-0.2, -0.15) is 0 Å². The maximum absolute atomic E-state index is 12.3. The summed E-state index contributed by atoms with van der Waals surface area (Å²) < 4.78 is 1.99. The van der Waals surface area contributed by atoms with Crippen LogP contribution in [0.15, 0.2) is 47.6 Å². The SMILES string of the molecule is CCn1c(SCC(=O)NCC(=O)Nc2c(C)cccc2C)nnc1-c1ccccc1C. The first kappa shape index (κ1) is 22.6. The Labute approximate surface area is 186 Å². The molecule has 0 spiro atoms. The van der Waals surface area contributed by atoms with Crippen molar-refractivity contribution in [3.63, 3.8) is 0 Å². The van der Waals surface area contributed by atoms with Crippen molar-refractivity contribution in [2.24, 2.45) is 0 Å². The molecule has 0 bridgehead atoms. The highest BCUT2D eigenvalue weighted by Crippen LogP contribution is 2.26. The molecule has 7 nitrogen and oxygen atoms in total. The molecule has 2 amide bonds. The lowest BCUT2D eigenvalue weighted by atomic mass is 10.1. The van der Waals surface area contributed by atoms with Crippen molar-refractivity contribution < 1.29 is 9.59 Å². The molecule has 1 aromatic heterocycles. The van der Waals surface area contributed by atoms with Crippen LogP contribution in [0.4, 0.5) is 5.69 Å². The van der Waals surface area contributed by atoms with Crippen LogP contribution in [0.3, 0.4) is 0 Å². The summed E-state index contributed by atoms with van der Waals surface area (Å²) in [5.41, 5.74) is 4.90.